The van der Waals surface area contributed by atoms with Gasteiger partial charge in [0.2, 0.25) is 5.89 Å². The smallest absolute Gasteiger partial charge is 0.209 e. The van der Waals surface area contributed by atoms with E-state index in [-0.39, 0.29) is 0 Å². The quantitative estimate of drug-likeness (QED) is 0.579. The zero-order valence-corrected chi connectivity index (χ0v) is 17.0. The Balaban J connectivity index is 1.48. The van der Waals surface area contributed by atoms with Crippen LogP contribution in [0.15, 0.2) is 71.3 Å². The molecule has 2 heterocycles. The standard InChI is InChI=1S/C24H29N3O2/c1-20(17-26-12-14-28-15-13-26)27(18-21-8-4-2-5-9-21)19-24-25-16-23(29-24)22-10-6-3-7-11-22/h2-11,16,20H,12-15,17-19H2,1H3. The minimum atomic E-state index is 0.375. The predicted octanol–water partition coefficient (Wildman–Crippen LogP) is 4.06. The van der Waals surface area contributed by atoms with Crippen molar-refractivity contribution < 1.29 is 9.15 Å². The Morgan fingerprint density at radius 1 is 0.966 bits per heavy atom. The number of benzene rings is 2. The first-order valence-electron chi connectivity index (χ1n) is 10.4. The van der Waals surface area contributed by atoms with Gasteiger partial charge in [0, 0.05) is 37.8 Å². The fraction of sp³-hybridized carbons (Fsp3) is 0.375. The second-order valence-electron chi connectivity index (χ2n) is 7.64. The van der Waals surface area contributed by atoms with E-state index in [2.05, 4.69) is 52.0 Å². The molecule has 5 heteroatoms. The minimum Gasteiger partial charge on any atom is -0.439 e. The average Bonchev–Trinajstić information content (AvgIpc) is 3.24. The molecule has 152 valence electrons. The van der Waals surface area contributed by atoms with Crippen molar-refractivity contribution in [2.24, 2.45) is 0 Å². The topological polar surface area (TPSA) is 41.7 Å². The second-order valence-corrected chi connectivity index (χ2v) is 7.64. The van der Waals surface area contributed by atoms with Crippen LogP contribution in [0.2, 0.25) is 0 Å². The summed E-state index contributed by atoms with van der Waals surface area (Å²) in [6.07, 6.45) is 1.83. The number of rotatable bonds is 8. The van der Waals surface area contributed by atoms with Crippen LogP contribution in [0.5, 0.6) is 0 Å². The van der Waals surface area contributed by atoms with Gasteiger partial charge in [0.05, 0.1) is 26.0 Å². The zero-order chi connectivity index (χ0) is 19.9. The molecule has 2 aromatic carbocycles. The lowest BCUT2D eigenvalue weighted by molar-refractivity contribution is 0.0216. The van der Waals surface area contributed by atoms with Gasteiger partial charge in [0.25, 0.3) is 0 Å². The van der Waals surface area contributed by atoms with Crippen LogP contribution in [0.4, 0.5) is 0 Å². The lowest BCUT2D eigenvalue weighted by Crippen LogP contribution is -2.45. The molecule has 1 aliphatic heterocycles. The van der Waals surface area contributed by atoms with Gasteiger partial charge in [0.1, 0.15) is 0 Å². The van der Waals surface area contributed by atoms with Crippen molar-refractivity contribution in [1.29, 1.82) is 0 Å². The Morgan fingerprint density at radius 2 is 1.66 bits per heavy atom. The van der Waals surface area contributed by atoms with Gasteiger partial charge < -0.3 is 9.15 Å². The van der Waals surface area contributed by atoms with Crippen LogP contribution in [0.25, 0.3) is 11.3 Å². The first-order valence-corrected chi connectivity index (χ1v) is 10.4. The van der Waals surface area contributed by atoms with Crippen LogP contribution < -0.4 is 0 Å². The average molecular weight is 392 g/mol. The highest BCUT2D eigenvalue weighted by Crippen LogP contribution is 2.22. The van der Waals surface area contributed by atoms with Crippen molar-refractivity contribution in [2.75, 3.05) is 32.8 Å². The van der Waals surface area contributed by atoms with E-state index in [1.807, 2.05) is 36.5 Å². The fourth-order valence-electron chi connectivity index (χ4n) is 3.75. The summed E-state index contributed by atoms with van der Waals surface area (Å²) in [5.41, 5.74) is 2.36. The van der Waals surface area contributed by atoms with Crippen molar-refractivity contribution in [3.05, 3.63) is 78.3 Å². The molecule has 29 heavy (non-hydrogen) atoms. The van der Waals surface area contributed by atoms with Gasteiger partial charge in [-0.15, -0.1) is 0 Å². The third-order valence-corrected chi connectivity index (χ3v) is 5.43. The lowest BCUT2D eigenvalue weighted by atomic mass is 10.1. The molecule has 1 unspecified atom stereocenters. The summed E-state index contributed by atoms with van der Waals surface area (Å²) in [4.78, 5) is 9.49. The molecule has 3 aromatic rings. The highest BCUT2D eigenvalue weighted by atomic mass is 16.5. The summed E-state index contributed by atoms with van der Waals surface area (Å²) in [5.74, 6) is 1.58. The van der Waals surface area contributed by atoms with E-state index in [1.165, 1.54) is 5.56 Å². The molecule has 0 radical (unpaired) electrons. The molecule has 0 saturated carbocycles. The first kappa shape index (κ1) is 19.8. The lowest BCUT2D eigenvalue weighted by Gasteiger charge is -2.34. The van der Waals surface area contributed by atoms with Crippen LogP contribution in [0.3, 0.4) is 0 Å². The molecule has 0 spiro atoms. The molecule has 1 saturated heterocycles. The van der Waals surface area contributed by atoms with E-state index in [0.29, 0.717) is 12.6 Å². The zero-order valence-electron chi connectivity index (χ0n) is 17.0. The number of ether oxygens (including phenoxy) is 1. The number of oxazole rings is 1. The monoisotopic (exact) mass is 391 g/mol. The Labute approximate surface area is 172 Å². The molecule has 4 rings (SSSR count). The van der Waals surface area contributed by atoms with Crippen molar-refractivity contribution >= 4 is 0 Å². The first-order chi connectivity index (χ1) is 14.3. The van der Waals surface area contributed by atoms with Crippen LogP contribution in [-0.4, -0.2) is 53.7 Å². The minimum absolute atomic E-state index is 0.375. The van der Waals surface area contributed by atoms with Gasteiger partial charge in [-0.3, -0.25) is 9.80 Å². The predicted molar refractivity (Wildman–Crippen MR) is 114 cm³/mol. The van der Waals surface area contributed by atoms with Crippen LogP contribution in [0, 0.1) is 0 Å². The van der Waals surface area contributed by atoms with Crippen LogP contribution >= 0.6 is 0 Å². The maximum Gasteiger partial charge on any atom is 0.209 e. The van der Waals surface area contributed by atoms with E-state index < -0.39 is 0 Å². The molecule has 1 aliphatic rings. The molecule has 0 aliphatic carbocycles. The Morgan fingerprint density at radius 3 is 2.38 bits per heavy atom. The molecule has 1 fully saturated rings. The summed E-state index contributed by atoms with van der Waals surface area (Å²) >= 11 is 0. The van der Waals surface area contributed by atoms with E-state index in [9.17, 15) is 0 Å². The Bertz CT molecular complexity index is 860. The summed E-state index contributed by atoms with van der Waals surface area (Å²) in [7, 11) is 0. The summed E-state index contributed by atoms with van der Waals surface area (Å²) in [6.45, 7) is 8.52. The summed E-state index contributed by atoms with van der Waals surface area (Å²) in [5, 5.41) is 0. The van der Waals surface area contributed by atoms with Gasteiger partial charge >= 0.3 is 0 Å². The van der Waals surface area contributed by atoms with Crippen molar-refractivity contribution in [3.8, 4) is 11.3 Å². The van der Waals surface area contributed by atoms with Gasteiger partial charge in [-0.2, -0.15) is 0 Å². The largest absolute Gasteiger partial charge is 0.439 e. The number of morpholine rings is 1. The van der Waals surface area contributed by atoms with E-state index in [0.717, 1.165) is 56.6 Å². The number of hydrogen-bond acceptors (Lipinski definition) is 5. The third kappa shape index (κ3) is 5.54. The van der Waals surface area contributed by atoms with Crippen LogP contribution in [-0.2, 0) is 17.8 Å². The number of hydrogen-bond donors (Lipinski definition) is 0. The van der Waals surface area contributed by atoms with E-state index >= 15 is 0 Å². The fourth-order valence-corrected chi connectivity index (χ4v) is 3.75. The molecular weight excluding hydrogens is 362 g/mol. The van der Waals surface area contributed by atoms with Crippen molar-refractivity contribution in [2.45, 2.75) is 26.1 Å². The highest BCUT2D eigenvalue weighted by molar-refractivity contribution is 5.55. The number of nitrogens with zero attached hydrogens (tertiary/aromatic N) is 3. The molecule has 1 atom stereocenters. The molecule has 0 bridgehead atoms. The highest BCUT2D eigenvalue weighted by Gasteiger charge is 2.21. The van der Waals surface area contributed by atoms with Gasteiger partial charge in [-0.1, -0.05) is 60.7 Å². The maximum atomic E-state index is 6.09. The van der Waals surface area contributed by atoms with Gasteiger partial charge in [-0.25, -0.2) is 4.98 Å². The SMILES string of the molecule is CC(CN1CCOCC1)N(Cc1ccccc1)Cc1ncc(-c2ccccc2)o1. The maximum absolute atomic E-state index is 6.09. The Kier molecular flexibility index (Phi) is 6.72. The normalized spacial score (nSPS) is 16.2. The summed E-state index contributed by atoms with van der Waals surface area (Å²) in [6, 6.07) is 21.1. The third-order valence-electron chi connectivity index (χ3n) is 5.43. The molecule has 1 aromatic heterocycles. The Hall–Kier alpha value is -2.47. The van der Waals surface area contributed by atoms with Crippen LogP contribution in [0.1, 0.15) is 18.4 Å². The molecular formula is C24H29N3O2. The second kappa shape index (κ2) is 9.83. The summed E-state index contributed by atoms with van der Waals surface area (Å²) < 4.78 is 11.6. The molecule has 0 N–H and O–H groups in total. The number of aromatic nitrogens is 1. The van der Waals surface area contributed by atoms with E-state index in [1.54, 1.807) is 0 Å². The van der Waals surface area contributed by atoms with E-state index in [4.69, 9.17) is 9.15 Å². The van der Waals surface area contributed by atoms with Crippen molar-refractivity contribution in [3.63, 3.8) is 0 Å². The van der Waals surface area contributed by atoms with Crippen molar-refractivity contribution in [1.82, 2.24) is 14.8 Å². The molecule has 5 nitrogen and oxygen atoms in total. The molecule has 0 amide bonds. The van der Waals surface area contributed by atoms with Gasteiger partial charge in [0.15, 0.2) is 5.76 Å². The van der Waals surface area contributed by atoms with Gasteiger partial charge in [-0.05, 0) is 12.5 Å².